The number of hydrogen-bond donors (Lipinski definition) is 0. The maximum absolute atomic E-state index is 13.4. The molecule has 0 amide bonds. The molecule has 0 saturated heterocycles. The highest BCUT2D eigenvalue weighted by molar-refractivity contribution is 6.06. The number of rotatable bonds is 3. The molecule has 27 heavy (non-hydrogen) atoms. The molecule has 0 fully saturated rings. The van der Waals surface area contributed by atoms with Crippen LogP contribution in [0.1, 0.15) is 15.9 Å². The van der Waals surface area contributed by atoms with Gasteiger partial charge in [0, 0.05) is 28.9 Å². The molecule has 0 bridgehead atoms. The number of benzene rings is 2. The van der Waals surface area contributed by atoms with Crippen LogP contribution in [0.4, 0.5) is 0 Å². The van der Waals surface area contributed by atoms with Crippen molar-refractivity contribution in [1.82, 2.24) is 9.55 Å². The van der Waals surface area contributed by atoms with Crippen LogP contribution in [0.2, 0.25) is 0 Å². The SMILES string of the molecule is COc1cccc(C(=O)n2c(-c3cccnc3)cc3cc(C#N)ccc32)c1. The standard InChI is InChI=1S/C22H15N3O2/c1-27-19-6-2-4-16(11-19)22(26)25-20-8-7-15(13-23)10-18(20)12-21(25)17-5-3-9-24-14-17/h2-12,14H,1H3. The predicted octanol–water partition coefficient (Wildman–Crippen LogP) is 4.27. The molecule has 130 valence electrons. The molecule has 4 rings (SSSR count). The third-order valence-corrected chi connectivity index (χ3v) is 4.41. The maximum atomic E-state index is 13.4. The van der Waals surface area contributed by atoms with E-state index in [9.17, 15) is 10.1 Å². The Labute approximate surface area is 156 Å². The van der Waals surface area contributed by atoms with Gasteiger partial charge in [-0.2, -0.15) is 5.26 Å². The molecule has 0 aliphatic rings. The Morgan fingerprint density at radius 3 is 2.74 bits per heavy atom. The van der Waals surface area contributed by atoms with Crippen LogP contribution in [0.3, 0.4) is 0 Å². The highest BCUT2D eigenvalue weighted by Crippen LogP contribution is 2.30. The van der Waals surface area contributed by atoms with Gasteiger partial charge in [-0.05, 0) is 54.6 Å². The first-order chi connectivity index (χ1) is 13.2. The summed E-state index contributed by atoms with van der Waals surface area (Å²) in [6, 6.07) is 20.1. The average molecular weight is 353 g/mol. The zero-order valence-electron chi connectivity index (χ0n) is 14.6. The summed E-state index contributed by atoms with van der Waals surface area (Å²) < 4.78 is 6.90. The van der Waals surface area contributed by atoms with E-state index in [1.54, 1.807) is 66.5 Å². The molecule has 0 saturated carbocycles. The van der Waals surface area contributed by atoms with Crippen molar-refractivity contribution in [2.45, 2.75) is 0 Å². The summed E-state index contributed by atoms with van der Waals surface area (Å²) in [5, 5.41) is 10.0. The van der Waals surface area contributed by atoms with Crippen LogP contribution in [0.5, 0.6) is 5.75 Å². The molecule has 0 N–H and O–H groups in total. The second-order valence-electron chi connectivity index (χ2n) is 6.03. The van der Waals surface area contributed by atoms with E-state index in [2.05, 4.69) is 11.1 Å². The fourth-order valence-corrected chi connectivity index (χ4v) is 3.12. The normalized spacial score (nSPS) is 10.5. The number of pyridine rings is 1. The molecule has 0 spiro atoms. The van der Waals surface area contributed by atoms with Crippen LogP contribution in [0, 0.1) is 11.3 Å². The van der Waals surface area contributed by atoms with Crippen molar-refractivity contribution in [3.05, 3.63) is 84.2 Å². The first-order valence-electron chi connectivity index (χ1n) is 8.36. The molecule has 0 radical (unpaired) electrons. The van der Waals surface area contributed by atoms with Crippen LogP contribution in [0.25, 0.3) is 22.2 Å². The Morgan fingerprint density at radius 2 is 2.00 bits per heavy atom. The quantitative estimate of drug-likeness (QED) is 0.551. The van der Waals surface area contributed by atoms with E-state index in [1.807, 2.05) is 18.2 Å². The summed E-state index contributed by atoms with van der Waals surface area (Å²) in [6.45, 7) is 0. The molecule has 2 aromatic carbocycles. The van der Waals surface area contributed by atoms with Gasteiger partial charge in [0.25, 0.3) is 5.91 Å². The summed E-state index contributed by atoms with van der Waals surface area (Å²) in [5.74, 6) is 0.444. The number of nitriles is 1. The summed E-state index contributed by atoms with van der Waals surface area (Å²) in [6.07, 6.45) is 3.41. The predicted molar refractivity (Wildman–Crippen MR) is 103 cm³/mol. The number of fused-ring (bicyclic) bond motifs is 1. The Morgan fingerprint density at radius 1 is 1.11 bits per heavy atom. The van der Waals surface area contributed by atoms with E-state index in [1.165, 1.54) is 0 Å². The zero-order valence-corrected chi connectivity index (χ0v) is 14.6. The molecule has 0 unspecified atom stereocenters. The van der Waals surface area contributed by atoms with Crippen molar-refractivity contribution in [3.63, 3.8) is 0 Å². The largest absolute Gasteiger partial charge is 0.497 e. The average Bonchev–Trinajstić information content (AvgIpc) is 3.12. The topological polar surface area (TPSA) is 67.9 Å². The fraction of sp³-hybridized carbons (Fsp3) is 0.0455. The molecular weight excluding hydrogens is 338 g/mol. The lowest BCUT2D eigenvalue weighted by molar-refractivity contribution is 0.0966. The molecule has 4 aromatic rings. The number of hydrogen-bond acceptors (Lipinski definition) is 4. The van der Waals surface area contributed by atoms with E-state index >= 15 is 0 Å². The number of carbonyl (C=O) groups is 1. The molecule has 0 aliphatic heterocycles. The third-order valence-electron chi connectivity index (χ3n) is 4.41. The van der Waals surface area contributed by atoms with E-state index in [0.29, 0.717) is 16.9 Å². The number of carbonyl (C=O) groups excluding carboxylic acids is 1. The van der Waals surface area contributed by atoms with Crippen molar-refractivity contribution >= 4 is 16.8 Å². The van der Waals surface area contributed by atoms with Crippen molar-refractivity contribution in [3.8, 4) is 23.1 Å². The summed E-state index contributed by atoms with van der Waals surface area (Å²) in [4.78, 5) is 17.5. The van der Waals surface area contributed by atoms with E-state index in [-0.39, 0.29) is 5.91 Å². The molecule has 5 heteroatoms. The van der Waals surface area contributed by atoms with Gasteiger partial charge in [0.1, 0.15) is 5.75 Å². The van der Waals surface area contributed by atoms with Crippen LogP contribution in [-0.2, 0) is 0 Å². The van der Waals surface area contributed by atoms with Gasteiger partial charge in [-0.1, -0.05) is 6.07 Å². The van der Waals surface area contributed by atoms with E-state index in [0.717, 1.165) is 22.2 Å². The molecule has 0 aliphatic carbocycles. The van der Waals surface area contributed by atoms with Gasteiger partial charge in [-0.3, -0.25) is 14.3 Å². The number of ether oxygens (including phenoxy) is 1. The lowest BCUT2D eigenvalue weighted by atomic mass is 10.1. The molecule has 2 aromatic heterocycles. The van der Waals surface area contributed by atoms with E-state index in [4.69, 9.17) is 4.74 Å². The highest BCUT2D eigenvalue weighted by atomic mass is 16.5. The molecular formula is C22H15N3O2. The lowest BCUT2D eigenvalue weighted by Gasteiger charge is -2.10. The molecule has 5 nitrogen and oxygen atoms in total. The number of aromatic nitrogens is 2. The molecule has 0 atom stereocenters. The zero-order chi connectivity index (χ0) is 18.8. The van der Waals surface area contributed by atoms with Crippen LogP contribution >= 0.6 is 0 Å². The monoisotopic (exact) mass is 353 g/mol. The van der Waals surface area contributed by atoms with Gasteiger partial charge in [0.15, 0.2) is 0 Å². The minimum atomic E-state index is -0.174. The fourth-order valence-electron chi connectivity index (χ4n) is 3.12. The van der Waals surface area contributed by atoms with Crippen LogP contribution in [0.15, 0.2) is 73.1 Å². The van der Waals surface area contributed by atoms with Gasteiger partial charge in [0.2, 0.25) is 0 Å². The second-order valence-corrected chi connectivity index (χ2v) is 6.03. The Bertz CT molecular complexity index is 1190. The molecule has 2 heterocycles. The van der Waals surface area contributed by atoms with Gasteiger partial charge in [-0.25, -0.2) is 0 Å². The van der Waals surface area contributed by atoms with E-state index < -0.39 is 0 Å². The Hall–Kier alpha value is -3.91. The minimum Gasteiger partial charge on any atom is -0.497 e. The summed E-state index contributed by atoms with van der Waals surface area (Å²) in [5.41, 5.74) is 3.35. The summed E-state index contributed by atoms with van der Waals surface area (Å²) >= 11 is 0. The maximum Gasteiger partial charge on any atom is 0.263 e. The van der Waals surface area contributed by atoms with Crippen molar-refractivity contribution in [1.29, 1.82) is 5.26 Å². The van der Waals surface area contributed by atoms with Crippen LogP contribution < -0.4 is 4.74 Å². The highest BCUT2D eigenvalue weighted by Gasteiger charge is 2.19. The smallest absolute Gasteiger partial charge is 0.263 e. The van der Waals surface area contributed by atoms with Crippen LogP contribution in [-0.4, -0.2) is 22.6 Å². The van der Waals surface area contributed by atoms with Gasteiger partial charge in [-0.15, -0.1) is 0 Å². The third kappa shape index (κ3) is 2.94. The minimum absolute atomic E-state index is 0.174. The lowest BCUT2D eigenvalue weighted by Crippen LogP contribution is -2.13. The Balaban J connectivity index is 1.97. The van der Waals surface area contributed by atoms with Gasteiger partial charge < -0.3 is 4.74 Å². The first-order valence-corrected chi connectivity index (χ1v) is 8.36. The van der Waals surface area contributed by atoms with Crippen molar-refractivity contribution in [2.75, 3.05) is 7.11 Å². The van der Waals surface area contributed by atoms with Gasteiger partial charge >= 0.3 is 0 Å². The van der Waals surface area contributed by atoms with Crippen molar-refractivity contribution < 1.29 is 9.53 Å². The number of methoxy groups -OCH3 is 1. The first kappa shape index (κ1) is 16.6. The summed E-state index contributed by atoms with van der Waals surface area (Å²) in [7, 11) is 1.57. The van der Waals surface area contributed by atoms with Crippen molar-refractivity contribution in [2.24, 2.45) is 0 Å². The second kappa shape index (κ2) is 6.77. The van der Waals surface area contributed by atoms with Gasteiger partial charge in [0.05, 0.1) is 30.0 Å². The Kier molecular flexibility index (Phi) is 4.15. The number of nitrogens with zero attached hydrogens (tertiary/aromatic N) is 3.